The second-order valence-corrected chi connectivity index (χ2v) is 4.71. The molecular formula is C17H19NO2. The zero-order valence-electron chi connectivity index (χ0n) is 11.8. The van der Waals surface area contributed by atoms with E-state index in [0.29, 0.717) is 13.0 Å². The van der Waals surface area contributed by atoms with Gasteiger partial charge >= 0.3 is 0 Å². The summed E-state index contributed by atoms with van der Waals surface area (Å²) in [5.74, 6) is 0.752. The Kier molecular flexibility index (Phi) is 4.77. The summed E-state index contributed by atoms with van der Waals surface area (Å²) in [5, 5.41) is 2.92. The number of benzene rings is 2. The second kappa shape index (κ2) is 6.75. The Morgan fingerprint density at radius 1 is 1.05 bits per heavy atom. The molecule has 3 nitrogen and oxygen atoms in total. The van der Waals surface area contributed by atoms with Crippen LogP contribution in [0.25, 0.3) is 0 Å². The summed E-state index contributed by atoms with van der Waals surface area (Å²) in [6, 6.07) is 15.4. The van der Waals surface area contributed by atoms with Crippen molar-refractivity contribution in [1.82, 2.24) is 0 Å². The summed E-state index contributed by atoms with van der Waals surface area (Å²) in [6.07, 6.45) is 0.336. The van der Waals surface area contributed by atoms with Crippen LogP contribution in [0.2, 0.25) is 0 Å². The van der Waals surface area contributed by atoms with Crippen molar-refractivity contribution in [2.45, 2.75) is 20.3 Å². The first-order valence-corrected chi connectivity index (χ1v) is 6.71. The lowest BCUT2D eigenvalue weighted by Gasteiger charge is -2.10. The Hall–Kier alpha value is -2.29. The second-order valence-electron chi connectivity index (χ2n) is 4.71. The highest BCUT2D eigenvalue weighted by Crippen LogP contribution is 2.18. The van der Waals surface area contributed by atoms with E-state index in [2.05, 4.69) is 5.32 Å². The molecule has 1 N–H and O–H groups in total. The number of para-hydroxylation sites is 1. The molecule has 3 heteroatoms. The maximum atomic E-state index is 11.9. The molecule has 0 heterocycles. The van der Waals surface area contributed by atoms with Crippen LogP contribution in [0.5, 0.6) is 5.75 Å². The molecule has 0 bridgehead atoms. The highest BCUT2D eigenvalue weighted by Gasteiger charge is 2.06. The van der Waals surface area contributed by atoms with Gasteiger partial charge in [0.25, 0.3) is 0 Å². The van der Waals surface area contributed by atoms with Crippen molar-refractivity contribution in [2.75, 3.05) is 11.9 Å². The van der Waals surface area contributed by atoms with Gasteiger partial charge in [-0.3, -0.25) is 4.79 Å². The molecule has 1 amide bonds. The van der Waals surface area contributed by atoms with E-state index in [1.165, 1.54) is 5.56 Å². The van der Waals surface area contributed by atoms with E-state index in [9.17, 15) is 4.79 Å². The van der Waals surface area contributed by atoms with Gasteiger partial charge in [-0.2, -0.15) is 0 Å². The number of aryl methyl sites for hydroxylation is 1. The van der Waals surface area contributed by atoms with Gasteiger partial charge in [-0.15, -0.1) is 0 Å². The first-order chi connectivity index (χ1) is 9.66. The van der Waals surface area contributed by atoms with E-state index in [1.807, 2.05) is 62.4 Å². The molecule has 2 aromatic carbocycles. The van der Waals surface area contributed by atoms with Crippen LogP contribution in [0.3, 0.4) is 0 Å². The summed E-state index contributed by atoms with van der Waals surface area (Å²) < 4.78 is 5.51. The molecule has 0 saturated heterocycles. The third-order valence-electron chi connectivity index (χ3n) is 3.22. The summed E-state index contributed by atoms with van der Waals surface area (Å²) in [6.45, 7) is 4.41. The van der Waals surface area contributed by atoms with E-state index in [-0.39, 0.29) is 5.91 Å². The van der Waals surface area contributed by atoms with Crippen LogP contribution in [-0.2, 0) is 4.79 Å². The number of hydrogen-bond donors (Lipinski definition) is 1. The maximum absolute atomic E-state index is 11.9. The van der Waals surface area contributed by atoms with Crippen LogP contribution < -0.4 is 10.1 Å². The number of amides is 1. The number of carbonyl (C=O) groups excluding carboxylic acids is 1. The number of anilines is 1. The van der Waals surface area contributed by atoms with Gasteiger partial charge in [-0.1, -0.05) is 30.3 Å². The number of rotatable bonds is 5. The fraction of sp³-hybridized carbons (Fsp3) is 0.235. The van der Waals surface area contributed by atoms with E-state index in [0.717, 1.165) is 17.0 Å². The van der Waals surface area contributed by atoms with Crippen LogP contribution in [0, 0.1) is 13.8 Å². The molecule has 0 radical (unpaired) electrons. The van der Waals surface area contributed by atoms with Crippen molar-refractivity contribution in [3.05, 3.63) is 59.7 Å². The molecule has 0 aliphatic heterocycles. The lowest BCUT2D eigenvalue weighted by atomic mass is 10.1. The molecule has 2 rings (SSSR count). The minimum absolute atomic E-state index is 0.0327. The van der Waals surface area contributed by atoms with Crippen LogP contribution in [0.15, 0.2) is 48.5 Å². The maximum Gasteiger partial charge on any atom is 0.227 e. The van der Waals surface area contributed by atoms with Gasteiger partial charge < -0.3 is 10.1 Å². The van der Waals surface area contributed by atoms with E-state index in [1.54, 1.807) is 0 Å². The number of ether oxygens (including phenoxy) is 1. The smallest absolute Gasteiger partial charge is 0.227 e. The highest BCUT2D eigenvalue weighted by molar-refractivity contribution is 5.91. The Balaban J connectivity index is 1.82. The third-order valence-corrected chi connectivity index (χ3v) is 3.22. The van der Waals surface area contributed by atoms with Gasteiger partial charge in [-0.05, 0) is 43.2 Å². The monoisotopic (exact) mass is 269 g/mol. The lowest BCUT2D eigenvalue weighted by Crippen LogP contribution is -2.16. The van der Waals surface area contributed by atoms with Crippen molar-refractivity contribution in [3.63, 3.8) is 0 Å². The average Bonchev–Trinajstić information content (AvgIpc) is 2.45. The third kappa shape index (κ3) is 3.85. The van der Waals surface area contributed by atoms with Gasteiger partial charge in [0.2, 0.25) is 5.91 Å². The lowest BCUT2D eigenvalue weighted by molar-refractivity contribution is -0.116. The number of carbonyl (C=O) groups is 1. The zero-order chi connectivity index (χ0) is 14.4. The molecule has 0 unspecified atom stereocenters. The van der Waals surface area contributed by atoms with E-state index in [4.69, 9.17) is 4.74 Å². The van der Waals surface area contributed by atoms with Crippen molar-refractivity contribution < 1.29 is 9.53 Å². The SMILES string of the molecule is Cc1cccc(NC(=O)CCOc2ccccc2)c1C. The minimum atomic E-state index is -0.0327. The molecule has 0 aliphatic rings. The first-order valence-electron chi connectivity index (χ1n) is 6.71. The molecule has 2 aromatic rings. The molecule has 0 spiro atoms. The summed E-state index contributed by atoms with van der Waals surface area (Å²) in [7, 11) is 0. The molecule has 20 heavy (non-hydrogen) atoms. The Labute approximate surface area is 119 Å². The molecule has 104 valence electrons. The predicted molar refractivity (Wildman–Crippen MR) is 81.1 cm³/mol. The first kappa shape index (κ1) is 14.1. The van der Waals surface area contributed by atoms with Crippen molar-refractivity contribution in [1.29, 1.82) is 0 Å². The van der Waals surface area contributed by atoms with Crippen molar-refractivity contribution in [2.24, 2.45) is 0 Å². The van der Waals surface area contributed by atoms with Gasteiger partial charge in [0.05, 0.1) is 13.0 Å². The molecule has 0 aromatic heterocycles. The number of nitrogens with one attached hydrogen (secondary N) is 1. The van der Waals surface area contributed by atoms with Crippen molar-refractivity contribution in [3.8, 4) is 5.75 Å². The van der Waals surface area contributed by atoms with Crippen molar-refractivity contribution >= 4 is 11.6 Å². The standard InChI is InChI=1S/C17H19NO2/c1-13-7-6-10-16(14(13)2)18-17(19)11-12-20-15-8-4-3-5-9-15/h3-10H,11-12H2,1-2H3,(H,18,19). The minimum Gasteiger partial charge on any atom is -0.493 e. The molecule has 0 aliphatic carbocycles. The van der Waals surface area contributed by atoms with Gasteiger partial charge in [0.1, 0.15) is 5.75 Å². The normalized spacial score (nSPS) is 10.1. The van der Waals surface area contributed by atoms with Gasteiger partial charge in [0.15, 0.2) is 0 Å². The van der Waals surface area contributed by atoms with E-state index >= 15 is 0 Å². The zero-order valence-corrected chi connectivity index (χ0v) is 11.8. The predicted octanol–water partition coefficient (Wildman–Crippen LogP) is 3.71. The van der Waals surface area contributed by atoms with Gasteiger partial charge in [-0.25, -0.2) is 0 Å². The molecule has 0 fully saturated rings. The summed E-state index contributed by atoms with van der Waals surface area (Å²) in [5.41, 5.74) is 3.14. The summed E-state index contributed by atoms with van der Waals surface area (Å²) in [4.78, 5) is 11.9. The molecule has 0 atom stereocenters. The fourth-order valence-electron chi connectivity index (χ4n) is 1.88. The quantitative estimate of drug-likeness (QED) is 0.898. The number of hydrogen-bond acceptors (Lipinski definition) is 2. The Morgan fingerprint density at radius 2 is 1.80 bits per heavy atom. The van der Waals surface area contributed by atoms with Crippen LogP contribution in [-0.4, -0.2) is 12.5 Å². The Bertz CT molecular complexity index is 579. The highest BCUT2D eigenvalue weighted by atomic mass is 16.5. The molecular weight excluding hydrogens is 250 g/mol. The average molecular weight is 269 g/mol. The largest absolute Gasteiger partial charge is 0.493 e. The van der Waals surface area contributed by atoms with Gasteiger partial charge in [0, 0.05) is 5.69 Å². The fourth-order valence-corrected chi connectivity index (χ4v) is 1.88. The van der Waals surface area contributed by atoms with Crippen LogP contribution in [0.4, 0.5) is 5.69 Å². The summed E-state index contributed by atoms with van der Waals surface area (Å²) >= 11 is 0. The topological polar surface area (TPSA) is 38.3 Å². The molecule has 0 saturated carbocycles. The van der Waals surface area contributed by atoms with Crippen LogP contribution >= 0.6 is 0 Å². The Morgan fingerprint density at radius 3 is 2.55 bits per heavy atom. The van der Waals surface area contributed by atoms with E-state index < -0.39 is 0 Å². The van der Waals surface area contributed by atoms with Crippen LogP contribution in [0.1, 0.15) is 17.5 Å².